The van der Waals surface area contributed by atoms with E-state index in [1.54, 1.807) is 6.20 Å². The fourth-order valence-electron chi connectivity index (χ4n) is 1.93. The molecule has 0 aliphatic rings. The van der Waals surface area contributed by atoms with E-state index < -0.39 is 0 Å². The Morgan fingerprint density at radius 3 is 2.59 bits per heavy atom. The quantitative estimate of drug-likeness (QED) is 0.843. The van der Waals surface area contributed by atoms with Crippen LogP contribution in [-0.4, -0.2) is 14.5 Å². The van der Waals surface area contributed by atoms with Gasteiger partial charge in [0.25, 0.3) is 0 Å². The second-order valence-electron chi connectivity index (χ2n) is 4.11. The van der Waals surface area contributed by atoms with Gasteiger partial charge in [0.2, 0.25) is 0 Å². The number of nitrogens with two attached hydrogens (primary N) is 1. The number of benzene rings is 1. The van der Waals surface area contributed by atoms with E-state index in [2.05, 4.69) is 37.0 Å². The summed E-state index contributed by atoms with van der Waals surface area (Å²) in [5.41, 5.74) is 9.47. The molecule has 3 nitrogen and oxygen atoms in total. The van der Waals surface area contributed by atoms with Crippen LogP contribution in [0, 0.1) is 13.8 Å². The molecule has 1 aromatic carbocycles. The van der Waals surface area contributed by atoms with Crippen LogP contribution in [0.5, 0.6) is 0 Å². The van der Waals surface area contributed by atoms with Gasteiger partial charge < -0.3 is 10.3 Å². The van der Waals surface area contributed by atoms with Gasteiger partial charge in [0.1, 0.15) is 4.99 Å². The lowest BCUT2D eigenvalue weighted by molar-refractivity contribution is 0.778. The molecule has 0 spiro atoms. The molecule has 0 bridgehead atoms. The zero-order valence-corrected chi connectivity index (χ0v) is 10.8. The van der Waals surface area contributed by atoms with Crippen molar-refractivity contribution in [2.24, 2.45) is 5.73 Å². The van der Waals surface area contributed by atoms with Gasteiger partial charge in [-0.15, -0.1) is 0 Å². The van der Waals surface area contributed by atoms with E-state index in [4.69, 9.17) is 18.0 Å². The SMILES string of the molecule is Cc1cccc(C)c1Cn1ccnc1C(N)=S. The summed E-state index contributed by atoms with van der Waals surface area (Å²) in [7, 11) is 0. The molecular weight excluding hydrogens is 230 g/mol. The average Bonchev–Trinajstić information content (AvgIpc) is 2.72. The van der Waals surface area contributed by atoms with Crippen LogP contribution in [0.3, 0.4) is 0 Å². The Morgan fingerprint density at radius 1 is 1.35 bits per heavy atom. The molecule has 2 rings (SSSR count). The van der Waals surface area contributed by atoms with Crippen LogP contribution >= 0.6 is 12.2 Å². The second-order valence-corrected chi connectivity index (χ2v) is 4.55. The fourth-order valence-corrected chi connectivity index (χ4v) is 2.10. The van der Waals surface area contributed by atoms with Crippen LogP contribution in [0.1, 0.15) is 22.5 Å². The Balaban J connectivity index is 2.38. The van der Waals surface area contributed by atoms with Crippen molar-refractivity contribution in [3.8, 4) is 0 Å². The van der Waals surface area contributed by atoms with Gasteiger partial charge in [0.15, 0.2) is 5.82 Å². The third-order valence-electron chi connectivity index (χ3n) is 2.91. The van der Waals surface area contributed by atoms with Gasteiger partial charge >= 0.3 is 0 Å². The molecule has 0 saturated heterocycles. The summed E-state index contributed by atoms with van der Waals surface area (Å²) in [6.45, 7) is 4.98. The Labute approximate surface area is 106 Å². The number of nitrogens with zero attached hydrogens (tertiary/aromatic N) is 2. The lowest BCUT2D eigenvalue weighted by Gasteiger charge is -2.12. The summed E-state index contributed by atoms with van der Waals surface area (Å²) in [4.78, 5) is 4.50. The largest absolute Gasteiger partial charge is 0.387 e. The topological polar surface area (TPSA) is 43.8 Å². The molecule has 0 fully saturated rings. The third-order valence-corrected chi connectivity index (χ3v) is 3.09. The van der Waals surface area contributed by atoms with Gasteiger partial charge in [-0.05, 0) is 30.5 Å². The Kier molecular flexibility index (Phi) is 3.24. The Bertz CT molecular complexity index is 537. The summed E-state index contributed by atoms with van der Waals surface area (Å²) in [5, 5.41) is 0. The minimum Gasteiger partial charge on any atom is -0.387 e. The third kappa shape index (κ3) is 2.36. The lowest BCUT2D eigenvalue weighted by Crippen LogP contribution is -2.17. The molecule has 2 N–H and O–H groups in total. The molecule has 1 heterocycles. The first kappa shape index (κ1) is 11.8. The van der Waals surface area contributed by atoms with Crippen molar-refractivity contribution in [2.45, 2.75) is 20.4 Å². The molecule has 0 aliphatic heterocycles. The summed E-state index contributed by atoms with van der Waals surface area (Å²) < 4.78 is 1.98. The molecule has 0 atom stereocenters. The van der Waals surface area contributed by atoms with Crippen molar-refractivity contribution in [1.29, 1.82) is 0 Å². The molecule has 0 saturated carbocycles. The normalized spacial score (nSPS) is 10.5. The Hall–Kier alpha value is -1.68. The highest BCUT2D eigenvalue weighted by atomic mass is 32.1. The van der Waals surface area contributed by atoms with Crippen molar-refractivity contribution in [1.82, 2.24) is 9.55 Å². The summed E-state index contributed by atoms with van der Waals surface area (Å²) in [6.07, 6.45) is 3.63. The monoisotopic (exact) mass is 245 g/mol. The molecule has 0 radical (unpaired) electrons. The van der Waals surface area contributed by atoms with E-state index >= 15 is 0 Å². The zero-order valence-electron chi connectivity index (χ0n) is 9.97. The predicted molar refractivity (Wildman–Crippen MR) is 73.1 cm³/mol. The van der Waals surface area contributed by atoms with Gasteiger partial charge in [0, 0.05) is 18.9 Å². The van der Waals surface area contributed by atoms with Crippen LogP contribution in [0.2, 0.25) is 0 Å². The molecule has 2 aromatic rings. The van der Waals surface area contributed by atoms with Gasteiger partial charge in [-0.25, -0.2) is 4.98 Å². The summed E-state index contributed by atoms with van der Waals surface area (Å²) in [6, 6.07) is 6.29. The van der Waals surface area contributed by atoms with Crippen LogP contribution in [0.25, 0.3) is 0 Å². The molecule has 0 aliphatic carbocycles. The van der Waals surface area contributed by atoms with Gasteiger partial charge in [0.05, 0.1) is 0 Å². The van der Waals surface area contributed by atoms with E-state index in [0.717, 1.165) is 6.54 Å². The molecule has 1 aromatic heterocycles. The highest BCUT2D eigenvalue weighted by Gasteiger charge is 2.08. The molecule has 4 heteroatoms. The van der Waals surface area contributed by atoms with Crippen LogP contribution in [0.15, 0.2) is 30.6 Å². The van der Waals surface area contributed by atoms with Gasteiger partial charge in [-0.3, -0.25) is 0 Å². The first-order valence-electron chi connectivity index (χ1n) is 5.45. The highest BCUT2D eigenvalue weighted by Crippen LogP contribution is 2.15. The predicted octanol–water partition coefficient (Wildman–Crippen LogP) is 2.18. The van der Waals surface area contributed by atoms with Crippen LogP contribution in [0.4, 0.5) is 0 Å². The van der Waals surface area contributed by atoms with E-state index in [-0.39, 0.29) is 0 Å². The molecule has 0 unspecified atom stereocenters. The first-order chi connectivity index (χ1) is 8.09. The fraction of sp³-hybridized carbons (Fsp3) is 0.231. The minimum atomic E-state index is 0.334. The standard InChI is InChI=1S/C13H15N3S/c1-9-4-3-5-10(2)11(9)8-16-7-6-15-13(16)12(14)17/h3-7H,8H2,1-2H3,(H2,14,17). The van der Waals surface area contributed by atoms with E-state index in [1.807, 2.05) is 10.8 Å². The highest BCUT2D eigenvalue weighted by molar-refractivity contribution is 7.80. The minimum absolute atomic E-state index is 0.334. The zero-order chi connectivity index (χ0) is 12.4. The second kappa shape index (κ2) is 4.67. The molecular formula is C13H15N3S. The molecule has 0 amide bonds. The van der Waals surface area contributed by atoms with Gasteiger partial charge in [-0.2, -0.15) is 0 Å². The number of imidazole rings is 1. The number of thiocarbonyl (C=S) groups is 1. The summed E-state index contributed by atoms with van der Waals surface area (Å²) >= 11 is 4.98. The van der Waals surface area contributed by atoms with E-state index in [9.17, 15) is 0 Å². The van der Waals surface area contributed by atoms with E-state index in [0.29, 0.717) is 10.8 Å². The summed E-state index contributed by atoms with van der Waals surface area (Å²) in [5.74, 6) is 0.669. The average molecular weight is 245 g/mol. The van der Waals surface area contributed by atoms with Gasteiger partial charge in [-0.1, -0.05) is 30.4 Å². The molecule has 17 heavy (non-hydrogen) atoms. The maximum Gasteiger partial charge on any atom is 0.167 e. The number of aryl methyl sites for hydroxylation is 2. The lowest BCUT2D eigenvalue weighted by atomic mass is 10.0. The maximum absolute atomic E-state index is 5.64. The van der Waals surface area contributed by atoms with Crippen molar-refractivity contribution in [2.75, 3.05) is 0 Å². The van der Waals surface area contributed by atoms with Crippen LogP contribution < -0.4 is 5.73 Å². The van der Waals surface area contributed by atoms with Crippen molar-refractivity contribution in [3.05, 3.63) is 53.1 Å². The van der Waals surface area contributed by atoms with Crippen molar-refractivity contribution in [3.63, 3.8) is 0 Å². The molecule has 88 valence electrons. The van der Waals surface area contributed by atoms with Crippen LogP contribution in [-0.2, 0) is 6.54 Å². The van der Waals surface area contributed by atoms with E-state index in [1.165, 1.54) is 16.7 Å². The first-order valence-corrected chi connectivity index (χ1v) is 5.86. The Morgan fingerprint density at radius 2 is 2.00 bits per heavy atom. The maximum atomic E-state index is 5.64. The number of aromatic nitrogens is 2. The number of rotatable bonds is 3. The van der Waals surface area contributed by atoms with Crippen molar-refractivity contribution >= 4 is 17.2 Å². The smallest absolute Gasteiger partial charge is 0.167 e. The number of hydrogen-bond donors (Lipinski definition) is 1. The number of hydrogen-bond acceptors (Lipinski definition) is 2. The van der Waals surface area contributed by atoms with Crippen molar-refractivity contribution < 1.29 is 0 Å².